The Bertz CT molecular complexity index is 691. The number of hydrogen-bond acceptors (Lipinski definition) is 7. The Kier molecular flexibility index (Phi) is 6.72. The second-order valence-electron chi connectivity index (χ2n) is 5.61. The van der Waals surface area contributed by atoms with E-state index in [1.54, 1.807) is 27.7 Å². The van der Waals surface area contributed by atoms with Crippen molar-refractivity contribution >= 4 is 23.9 Å². The van der Waals surface area contributed by atoms with Crippen LogP contribution in [0.15, 0.2) is 0 Å². The SMILES string of the molecule is COC(=O)NC(=O)[C@H](C)OC(=O)c1[nH]c(C)c(C(=O)OC(C)C)c1C. The number of nitrogens with one attached hydrogen (secondary N) is 2. The third kappa shape index (κ3) is 5.07. The summed E-state index contributed by atoms with van der Waals surface area (Å²) in [5.74, 6) is -2.23. The van der Waals surface area contributed by atoms with Crippen LogP contribution in [0, 0.1) is 13.8 Å². The number of H-pyrrole nitrogens is 1. The first kappa shape index (κ1) is 20.2. The molecule has 2 amide bonds. The zero-order valence-electron chi connectivity index (χ0n) is 15.0. The highest BCUT2D eigenvalue weighted by molar-refractivity contribution is 6.00. The lowest BCUT2D eigenvalue weighted by Crippen LogP contribution is -2.39. The fraction of sp³-hybridized carbons (Fsp3) is 0.500. The molecule has 0 fully saturated rings. The van der Waals surface area contributed by atoms with Crippen molar-refractivity contribution in [2.75, 3.05) is 7.11 Å². The van der Waals surface area contributed by atoms with Crippen LogP contribution >= 0.6 is 0 Å². The normalized spacial score (nSPS) is 11.6. The van der Waals surface area contributed by atoms with Gasteiger partial charge >= 0.3 is 18.0 Å². The number of amides is 2. The third-order valence-corrected chi connectivity index (χ3v) is 3.25. The quantitative estimate of drug-likeness (QED) is 0.608. The maximum atomic E-state index is 12.2. The molecule has 1 atom stereocenters. The molecule has 2 N–H and O–H groups in total. The van der Waals surface area contributed by atoms with Crippen LogP contribution in [-0.2, 0) is 19.0 Å². The monoisotopic (exact) mass is 354 g/mol. The maximum Gasteiger partial charge on any atom is 0.413 e. The number of carbonyl (C=O) groups excluding carboxylic acids is 4. The van der Waals surface area contributed by atoms with Crippen molar-refractivity contribution in [3.8, 4) is 0 Å². The maximum absolute atomic E-state index is 12.2. The standard InChI is InChI=1S/C16H22N2O7/c1-7(2)24-14(20)11-8(3)12(17-9(11)4)15(21)25-10(5)13(19)18-16(22)23-6/h7,10,17H,1-6H3,(H,18,19,22)/t10-/m0/s1. The molecule has 1 aromatic rings. The number of aromatic nitrogens is 1. The minimum absolute atomic E-state index is 0.0333. The van der Waals surface area contributed by atoms with Crippen LogP contribution in [0.25, 0.3) is 0 Å². The van der Waals surface area contributed by atoms with E-state index in [1.807, 2.05) is 5.32 Å². The molecule has 0 saturated carbocycles. The van der Waals surface area contributed by atoms with Crippen LogP contribution in [0.5, 0.6) is 0 Å². The van der Waals surface area contributed by atoms with Gasteiger partial charge in [-0.3, -0.25) is 10.1 Å². The first-order chi connectivity index (χ1) is 11.6. The zero-order chi connectivity index (χ0) is 19.3. The molecule has 0 saturated heterocycles. The van der Waals surface area contributed by atoms with Gasteiger partial charge in [0, 0.05) is 5.69 Å². The third-order valence-electron chi connectivity index (χ3n) is 3.25. The van der Waals surface area contributed by atoms with Crippen molar-refractivity contribution in [1.29, 1.82) is 0 Å². The number of esters is 2. The highest BCUT2D eigenvalue weighted by atomic mass is 16.6. The molecule has 0 radical (unpaired) electrons. The highest BCUT2D eigenvalue weighted by Gasteiger charge is 2.27. The molecule has 0 aliphatic rings. The zero-order valence-corrected chi connectivity index (χ0v) is 15.0. The van der Waals surface area contributed by atoms with Gasteiger partial charge in [0.25, 0.3) is 5.91 Å². The number of alkyl carbamates (subject to hydrolysis) is 1. The number of aromatic amines is 1. The highest BCUT2D eigenvalue weighted by Crippen LogP contribution is 2.20. The second-order valence-corrected chi connectivity index (χ2v) is 5.61. The Hall–Kier alpha value is -2.84. The van der Waals surface area contributed by atoms with Crippen molar-refractivity contribution in [3.05, 3.63) is 22.5 Å². The predicted molar refractivity (Wildman–Crippen MR) is 86.2 cm³/mol. The average molecular weight is 354 g/mol. The summed E-state index contributed by atoms with van der Waals surface area (Å²) >= 11 is 0. The summed E-state index contributed by atoms with van der Waals surface area (Å²) in [6, 6.07) is 0. The summed E-state index contributed by atoms with van der Waals surface area (Å²) in [6.45, 7) is 7.91. The van der Waals surface area contributed by atoms with E-state index in [0.29, 0.717) is 11.3 Å². The lowest BCUT2D eigenvalue weighted by Gasteiger charge is -2.12. The van der Waals surface area contributed by atoms with Gasteiger partial charge in [-0.05, 0) is 40.2 Å². The lowest BCUT2D eigenvalue weighted by molar-refractivity contribution is -0.128. The molecule has 9 nitrogen and oxygen atoms in total. The molecule has 25 heavy (non-hydrogen) atoms. The largest absolute Gasteiger partial charge is 0.459 e. The molecule has 0 spiro atoms. The van der Waals surface area contributed by atoms with Gasteiger partial charge in [-0.2, -0.15) is 0 Å². The summed E-state index contributed by atoms with van der Waals surface area (Å²) in [5, 5.41) is 1.90. The van der Waals surface area contributed by atoms with Crippen molar-refractivity contribution in [2.45, 2.75) is 46.8 Å². The van der Waals surface area contributed by atoms with Gasteiger partial charge in [-0.1, -0.05) is 0 Å². The number of carbonyl (C=O) groups is 4. The van der Waals surface area contributed by atoms with E-state index in [9.17, 15) is 19.2 Å². The van der Waals surface area contributed by atoms with Crippen molar-refractivity contribution in [1.82, 2.24) is 10.3 Å². The topological polar surface area (TPSA) is 124 Å². The fourth-order valence-electron chi connectivity index (χ4n) is 2.06. The molecular formula is C16H22N2O7. The Labute approximate surface area is 145 Å². The minimum atomic E-state index is -1.24. The van der Waals surface area contributed by atoms with Crippen LogP contribution < -0.4 is 5.32 Å². The summed E-state index contributed by atoms with van der Waals surface area (Å²) in [4.78, 5) is 49.8. The number of ether oxygens (including phenoxy) is 3. The van der Waals surface area contributed by atoms with Gasteiger partial charge in [0.1, 0.15) is 5.69 Å². The molecule has 138 valence electrons. The van der Waals surface area contributed by atoms with E-state index in [4.69, 9.17) is 9.47 Å². The number of imide groups is 1. The van der Waals surface area contributed by atoms with Gasteiger partial charge in [0.15, 0.2) is 6.10 Å². The van der Waals surface area contributed by atoms with Crippen LogP contribution in [-0.4, -0.2) is 48.2 Å². The Morgan fingerprint density at radius 3 is 2.12 bits per heavy atom. The fourth-order valence-corrected chi connectivity index (χ4v) is 2.06. The van der Waals surface area contributed by atoms with Crippen molar-refractivity contribution in [3.63, 3.8) is 0 Å². The Morgan fingerprint density at radius 2 is 1.60 bits per heavy atom. The molecule has 1 aromatic heterocycles. The van der Waals surface area contributed by atoms with Crippen molar-refractivity contribution < 1.29 is 33.4 Å². The van der Waals surface area contributed by atoms with Gasteiger partial charge in [0.05, 0.1) is 18.8 Å². The molecule has 0 unspecified atom stereocenters. The van der Waals surface area contributed by atoms with Crippen LogP contribution in [0.2, 0.25) is 0 Å². The van der Waals surface area contributed by atoms with Gasteiger partial charge < -0.3 is 19.2 Å². The van der Waals surface area contributed by atoms with E-state index in [-0.39, 0.29) is 17.4 Å². The predicted octanol–water partition coefficient (Wildman–Crippen LogP) is 1.62. The van der Waals surface area contributed by atoms with Crippen LogP contribution in [0.1, 0.15) is 52.9 Å². The molecule has 0 bridgehead atoms. The smallest absolute Gasteiger partial charge is 0.413 e. The number of hydrogen-bond donors (Lipinski definition) is 2. The van der Waals surface area contributed by atoms with Crippen molar-refractivity contribution in [2.24, 2.45) is 0 Å². The van der Waals surface area contributed by atoms with Gasteiger partial charge in [-0.15, -0.1) is 0 Å². The Morgan fingerprint density at radius 1 is 1.00 bits per heavy atom. The van der Waals surface area contributed by atoms with E-state index in [2.05, 4.69) is 9.72 Å². The molecular weight excluding hydrogens is 332 g/mol. The summed E-state index contributed by atoms with van der Waals surface area (Å²) in [5.41, 5.74) is 1.08. The summed E-state index contributed by atoms with van der Waals surface area (Å²) in [7, 11) is 1.10. The summed E-state index contributed by atoms with van der Waals surface area (Å²) < 4.78 is 14.4. The first-order valence-electron chi connectivity index (χ1n) is 7.58. The van der Waals surface area contributed by atoms with Crippen LogP contribution in [0.3, 0.4) is 0 Å². The lowest BCUT2D eigenvalue weighted by atomic mass is 10.1. The number of methoxy groups -OCH3 is 1. The molecule has 0 aliphatic carbocycles. The average Bonchev–Trinajstić information content (AvgIpc) is 2.81. The molecule has 9 heteroatoms. The molecule has 0 aromatic carbocycles. The van der Waals surface area contributed by atoms with Crippen LogP contribution in [0.4, 0.5) is 4.79 Å². The van der Waals surface area contributed by atoms with E-state index >= 15 is 0 Å². The van der Waals surface area contributed by atoms with Gasteiger partial charge in [-0.25, -0.2) is 14.4 Å². The minimum Gasteiger partial charge on any atom is -0.459 e. The van der Waals surface area contributed by atoms with E-state index in [1.165, 1.54) is 6.92 Å². The van der Waals surface area contributed by atoms with Gasteiger partial charge in [0.2, 0.25) is 0 Å². The second kappa shape index (κ2) is 8.32. The number of rotatable bonds is 5. The summed E-state index contributed by atoms with van der Waals surface area (Å²) in [6.07, 6.45) is -2.50. The Balaban J connectivity index is 2.91. The molecule has 0 aliphatic heterocycles. The number of aryl methyl sites for hydroxylation is 1. The molecule has 1 rings (SSSR count). The first-order valence-corrected chi connectivity index (χ1v) is 7.58. The van der Waals surface area contributed by atoms with E-state index in [0.717, 1.165) is 7.11 Å². The van der Waals surface area contributed by atoms with E-state index < -0.39 is 30.0 Å². The molecule has 1 heterocycles.